The maximum absolute atomic E-state index is 12.1. The van der Waals surface area contributed by atoms with E-state index in [2.05, 4.69) is 5.32 Å². The molecule has 2 rings (SSSR count). The van der Waals surface area contributed by atoms with Crippen molar-refractivity contribution in [2.75, 3.05) is 11.5 Å². The Balaban J connectivity index is 1.89. The largest absolute Gasteiger partial charge is 0.398 e. The first-order valence-corrected chi connectivity index (χ1v) is 8.48. The smallest absolute Gasteiger partial charge is 0.233 e. The number of benzene rings is 1. The van der Waals surface area contributed by atoms with Crippen molar-refractivity contribution >= 4 is 34.0 Å². The Hall–Kier alpha value is -1.07. The van der Waals surface area contributed by atoms with Crippen LogP contribution in [0.4, 0.5) is 5.69 Å². The van der Waals surface area contributed by atoms with E-state index in [1.165, 1.54) is 6.42 Å². The maximum atomic E-state index is 12.1. The van der Waals surface area contributed by atoms with E-state index in [1.54, 1.807) is 18.2 Å². The highest BCUT2D eigenvalue weighted by atomic mass is 35.5. The van der Waals surface area contributed by atoms with Crippen LogP contribution in [0.2, 0.25) is 5.02 Å². The van der Waals surface area contributed by atoms with Gasteiger partial charge in [-0.15, -0.1) is 0 Å². The molecule has 20 heavy (non-hydrogen) atoms. The van der Waals surface area contributed by atoms with Gasteiger partial charge >= 0.3 is 0 Å². The second-order valence-electron chi connectivity index (χ2n) is 5.08. The van der Waals surface area contributed by atoms with Gasteiger partial charge in [-0.3, -0.25) is 9.00 Å². The fourth-order valence-corrected chi connectivity index (χ4v) is 3.57. The lowest BCUT2D eigenvalue weighted by molar-refractivity contribution is -0.119. The predicted molar refractivity (Wildman–Crippen MR) is 82.2 cm³/mol. The molecule has 1 aliphatic rings. The summed E-state index contributed by atoms with van der Waals surface area (Å²) < 4.78 is 12.1. The van der Waals surface area contributed by atoms with Gasteiger partial charge in [0.15, 0.2) is 0 Å². The van der Waals surface area contributed by atoms with Gasteiger partial charge in [-0.05, 0) is 31.0 Å². The summed E-state index contributed by atoms with van der Waals surface area (Å²) in [6, 6.07) is 5.05. The first-order chi connectivity index (χ1) is 9.56. The standard InChI is InChI=1S/C14H19ClN2O2S/c15-12-8-11(6-7-13(12)16)20(19)9-14(18)17-10-4-2-1-3-5-10/h6-8,10H,1-5,9,16H2,(H,17,18). The summed E-state index contributed by atoms with van der Waals surface area (Å²) in [6.45, 7) is 0. The first kappa shape index (κ1) is 15.3. The van der Waals surface area contributed by atoms with Gasteiger partial charge in [-0.25, -0.2) is 0 Å². The zero-order chi connectivity index (χ0) is 14.5. The molecule has 0 aromatic heterocycles. The summed E-state index contributed by atoms with van der Waals surface area (Å²) in [5, 5.41) is 3.32. The lowest BCUT2D eigenvalue weighted by atomic mass is 9.95. The average molecular weight is 315 g/mol. The molecule has 6 heteroatoms. The van der Waals surface area contributed by atoms with E-state index in [9.17, 15) is 9.00 Å². The molecule has 0 heterocycles. The number of rotatable bonds is 4. The van der Waals surface area contributed by atoms with E-state index in [4.69, 9.17) is 17.3 Å². The van der Waals surface area contributed by atoms with Crippen LogP contribution in [0.3, 0.4) is 0 Å². The molecule has 1 unspecified atom stereocenters. The molecule has 1 atom stereocenters. The Morgan fingerprint density at radius 2 is 2.05 bits per heavy atom. The van der Waals surface area contributed by atoms with Crippen LogP contribution in [0.25, 0.3) is 0 Å². The summed E-state index contributed by atoms with van der Waals surface area (Å²) in [6.07, 6.45) is 5.59. The quantitative estimate of drug-likeness (QED) is 0.839. The van der Waals surface area contributed by atoms with Crippen molar-refractivity contribution in [3.63, 3.8) is 0 Å². The van der Waals surface area contributed by atoms with Crippen LogP contribution in [0.1, 0.15) is 32.1 Å². The summed E-state index contributed by atoms with van der Waals surface area (Å²) in [4.78, 5) is 12.4. The van der Waals surface area contributed by atoms with Crippen molar-refractivity contribution in [1.82, 2.24) is 5.32 Å². The molecule has 0 spiro atoms. The lowest BCUT2D eigenvalue weighted by Gasteiger charge is -2.22. The molecule has 1 saturated carbocycles. The zero-order valence-corrected chi connectivity index (χ0v) is 12.8. The van der Waals surface area contributed by atoms with Gasteiger partial charge in [0.05, 0.1) is 21.5 Å². The van der Waals surface area contributed by atoms with E-state index < -0.39 is 10.8 Å². The van der Waals surface area contributed by atoms with Gasteiger partial charge < -0.3 is 11.1 Å². The van der Waals surface area contributed by atoms with Crippen LogP contribution in [0, 0.1) is 0 Å². The van der Waals surface area contributed by atoms with Crippen molar-refractivity contribution in [3.05, 3.63) is 23.2 Å². The zero-order valence-electron chi connectivity index (χ0n) is 11.2. The first-order valence-electron chi connectivity index (χ1n) is 6.79. The molecule has 1 aromatic rings. The van der Waals surface area contributed by atoms with Crippen LogP contribution in [-0.4, -0.2) is 21.9 Å². The van der Waals surface area contributed by atoms with Crippen LogP contribution < -0.4 is 11.1 Å². The van der Waals surface area contributed by atoms with E-state index in [1.807, 2.05) is 0 Å². The van der Waals surface area contributed by atoms with Crippen LogP contribution in [0.5, 0.6) is 0 Å². The van der Waals surface area contributed by atoms with Crippen molar-refractivity contribution in [2.24, 2.45) is 0 Å². The maximum Gasteiger partial charge on any atom is 0.233 e. The molecule has 110 valence electrons. The Morgan fingerprint density at radius 3 is 2.70 bits per heavy atom. The van der Waals surface area contributed by atoms with E-state index in [-0.39, 0.29) is 17.7 Å². The molecule has 0 saturated heterocycles. The molecule has 1 fully saturated rings. The fourth-order valence-electron chi connectivity index (χ4n) is 2.37. The number of hydrogen-bond acceptors (Lipinski definition) is 3. The topological polar surface area (TPSA) is 72.2 Å². The third-order valence-electron chi connectivity index (χ3n) is 3.47. The highest BCUT2D eigenvalue weighted by molar-refractivity contribution is 7.85. The fraction of sp³-hybridized carbons (Fsp3) is 0.500. The number of hydrogen-bond donors (Lipinski definition) is 2. The number of halogens is 1. The number of anilines is 1. The number of carbonyl (C=O) groups excluding carboxylic acids is 1. The molecule has 1 aromatic carbocycles. The van der Waals surface area contributed by atoms with Crippen molar-refractivity contribution in [3.8, 4) is 0 Å². The molecule has 1 aliphatic carbocycles. The monoisotopic (exact) mass is 314 g/mol. The normalized spacial score (nSPS) is 17.6. The van der Waals surface area contributed by atoms with Crippen molar-refractivity contribution < 1.29 is 9.00 Å². The van der Waals surface area contributed by atoms with Crippen molar-refractivity contribution in [2.45, 2.75) is 43.0 Å². The Labute approximate surface area is 126 Å². The van der Waals surface area contributed by atoms with Gasteiger partial charge in [-0.1, -0.05) is 30.9 Å². The summed E-state index contributed by atoms with van der Waals surface area (Å²) in [5.41, 5.74) is 6.05. The Morgan fingerprint density at radius 1 is 1.35 bits per heavy atom. The molecular formula is C14H19ClN2O2S. The summed E-state index contributed by atoms with van der Waals surface area (Å²) in [5.74, 6) is -0.195. The average Bonchev–Trinajstić information content (AvgIpc) is 2.42. The van der Waals surface area contributed by atoms with Crippen LogP contribution in [0.15, 0.2) is 23.1 Å². The van der Waals surface area contributed by atoms with E-state index in [0.717, 1.165) is 25.7 Å². The van der Waals surface area contributed by atoms with Gasteiger partial charge in [0.1, 0.15) is 5.75 Å². The minimum Gasteiger partial charge on any atom is -0.398 e. The van der Waals surface area contributed by atoms with E-state index >= 15 is 0 Å². The molecule has 3 N–H and O–H groups in total. The molecule has 1 amide bonds. The predicted octanol–water partition coefficient (Wildman–Crippen LogP) is 2.48. The second-order valence-corrected chi connectivity index (χ2v) is 6.93. The molecule has 0 aliphatic heterocycles. The summed E-state index contributed by atoms with van der Waals surface area (Å²) in [7, 11) is -1.39. The number of carbonyl (C=O) groups is 1. The summed E-state index contributed by atoms with van der Waals surface area (Å²) >= 11 is 5.89. The minimum absolute atomic E-state index is 0.0310. The van der Waals surface area contributed by atoms with Gasteiger partial charge in [0.25, 0.3) is 0 Å². The third-order valence-corrected chi connectivity index (χ3v) is 5.10. The van der Waals surface area contributed by atoms with Gasteiger partial charge in [-0.2, -0.15) is 0 Å². The van der Waals surface area contributed by atoms with Gasteiger partial charge in [0.2, 0.25) is 5.91 Å². The second kappa shape index (κ2) is 7.09. The molecule has 0 bridgehead atoms. The number of nitrogen functional groups attached to an aromatic ring is 1. The van der Waals surface area contributed by atoms with Gasteiger partial charge in [0, 0.05) is 10.9 Å². The minimum atomic E-state index is -1.39. The number of amides is 1. The van der Waals surface area contributed by atoms with Crippen LogP contribution in [-0.2, 0) is 15.6 Å². The molecule has 0 radical (unpaired) electrons. The SMILES string of the molecule is Nc1ccc(S(=O)CC(=O)NC2CCCCC2)cc1Cl. The lowest BCUT2D eigenvalue weighted by Crippen LogP contribution is -2.38. The Bertz CT molecular complexity index is 516. The van der Waals surface area contributed by atoms with E-state index in [0.29, 0.717) is 15.6 Å². The molecule has 4 nitrogen and oxygen atoms in total. The highest BCUT2D eigenvalue weighted by Crippen LogP contribution is 2.22. The number of nitrogens with two attached hydrogens (primary N) is 1. The molecular weight excluding hydrogens is 296 g/mol. The number of nitrogens with one attached hydrogen (secondary N) is 1. The Kier molecular flexibility index (Phi) is 5.43. The third kappa shape index (κ3) is 4.21. The van der Waals surface area contributed by atoms with Crippen LogP contribution >= 0.6 is 11.6 Å². The highest BCUT2D eigenvalue weighted by Gasteiger charge is 2.17. The van der Waals surface area contributed by atoms with Crippen molar-refractivity contribution in [1.29, 1.82) is 0 Å².